The number of rotatable bonds is 4. The van der Waals surface area contributed by atoms with Gasteiger partial charge in [-0.1, -0.05) is 29.5 Å². The molecule has 0 saturated heterocycles. The molecule has 0 aliphatic heterocycles. The van der Waals surface area contributed by atoms with Crippen molar-refractivity contribution in [2.75, 3.05) is 4.90 Å². The van der Waals surface area contributed by atoms with Crippen LogP contribution < -0.4 is 4.90 Å². The molecule has 4 nitrogen and oxygen atoms in total. The maximum atomic E-state index is 13.4. The average Bonchev–Trinajstić information content (AvgIpc) is 3.09. The topological polar surface area (TPSA) is 46.1 Å². The molecular formula is C22H18IN3OS. The zero-order chi connectivity index (χ0) is 19.7. The molecule has 2 aromatic heterocycles. The predicted octanol–water partition coefficient (Wildman–Crippen LogP) is 5.76. The smallest absolute Gasteiger partial charge is 0.261 e. The van der Waals surface area contributed by atoms with Crippen molar-refractivity contribution in [3.63, 3.8) is 0 Å². The Balaban J connectivity index is 1.81. The number of fused-ring (bicyclic) bond motifs is 1. The molecular weight excluding hydrogens is 481 g/mol. The van der Waals surface area contributed by atoms with Gasteiger partial charge in [0.05, 0.1) is 28.0 Å². The molecule has 0 spiro atoms. The molecule has 2 heterocycles. The Labute approximate surface area is 181 Å². The maximum Gasteiger partial charge on any atom is 0.261 e. The monoisotopic (exact) mass is 499 g/mol. The molecule has 0 atom stereocenters. The summed E-state index contributed by atoms with van der Waals surface area (Å²) in [5.41, 5.74) is 4.84. The largest absolute Gasteiger partial charge is 0.278 e. The van der Waals surface area contributed by atoms with Crippen molar-refractivity contribution < 1.29 is 4.79 Å². The van der Waals surface area contributed by atoms with Crippen molar-refractivity contribution in [2.45, 2.75) is 20.4 Å². The van der Waals surface area contributed by atoms with Crippen LogP contribution in [0.25, 0.3) is 10.2 Å². The van der Waals surface area contributed by atoms with Crippen LogP contribution in [-0.4, -0.2) is 15.9 Å². The number of amides is 1. The summed E-state index contributed by atoms with van der Waals surface area (Å²) in [5, 5.41) is 0.690. The summed E-state index contributed by atoms with van der Waals surface area (Å²) in [6.45, 7) is 4.55. The number of carbonyl (C=O) groups is 1. The van der Waals surface area contributed by atoms with Crippen LogP contribution in [0.4, 0.5) is 5.13 Å². The second kappa shape index (κ2) is 7.97. The Bertz CT molecular complexity index is 1120. The van der Waals surface area contributed by atoms with E-state index in [1.165, 1.54) is 11.1 Å². The van der Waals surface area contributed by atoms with E-state index in [1.807, 2.05) is 42.5 Å². The van der Waals surface area contributed by atoms with E-state index >= 15 is 0 Å². The number of pyridine rings is 1. The number of thiazole rings is 1. The lowest BCUT2D eigenvalue weighted by molar-refractivity contribution is 0.0984. The van der Waals surface area contributed by atoms with Crippen molar-refractivity contribution >= 4 is 55.2 Å². The van der Waals surface area contributed by atoms with Gasteiger partial charge in [-0.2, -0.15) is 0 Å². The first kappa shape index (κ1) is 19.0. The van der Waals surface area contributed by atoms with E-state index in [9.17, 15) is 4.79 Å². The van der Waals surface area contributed by atoms with Crippen molar-refractivity contribution in [3.05, 3.63) is 86.7 Å². The first-order chi connectivity index (χ1) is 13.5. The molecule has 4 aromatic rings. The Morgan fingerprint density at radius 2 is 1.82 bits per heavy atom. The van der Waals surface area contributed by atoms with Gasteiger partial charge in [0.2, 0.25) is 0 Å². The highest BCUT2D eigenvalue weighted by molar-refractivity contribution is 14.1. The molecule has 0 unspecified atom stereocenters. The van der Waals surface area contributed by atoms with Crippen LogP contribution in [0.1, 0.15) is 27.2 Å². The number of anilines is 1. The third kappa shape index (κ3) is 3.79. The van der Waals surface area contributed by atoms with Gasteiger partial charge in [0.25, 0.3) is 5.91 Å². The van der Waals surface area contributed by atoms with Gasteiger partial charge in [0, 0.05) is 9.77 Å². The van der Waals surface area contributed by atoms with E-state index in [2.05, 4.69) is 53.6 Å². The summed E-state index contributed by atoms with van der Waals surface area (Å²) in [6, 6.07) is 17.6. The molecule has 6 heteroatoms. The van der Waals surface area contributed by atoms with Crippen LogP contribution in [-0.2, 0) is 6.54 Å². The maximum absolute atomic E-state index is 13.4. The van der Waals surface area contributed by atoms with Gasteiger partial charge in [-0.05, 0) is 84.0 Å². The number of benzene rings is 2. The molecule has 0 saturated carbocycles. The van der Waals surface area contributed by atoms with Gasteiger partial charge in [-0.15, -0.1) is 0 Å². The number of halogens is 1. The van der Waals surface area contributed by atoms with Crippen LogP contribution in [0.3, 0.4) is 0 Å². The van der Waals surface area contributed by atoms with E-state index in [-0.39, 0.29) is 5.91 Å². The van der Waals surface area contributed by atoms with E-state index < -0.39 is 0 Å². The first-order valence-corrected chi connectivity index (χ1v) is 10.8. The van der Waals surface area contributed by atoms with E-state index in [4.69, 9.17) is 4.98 Å². The van der Waals surface area contributed by atoms with E-state index in [0.29, 0.717) is 17.2 Å². The Hall–Kier alpha value is -2.32. The minimum absolute atomic E-state index is 0.0665. The summed E-state index contributed by atoms with van der Waals surface area (Å²) in [4.78, 5) is 24.4. The second-order valence-corrected chi connectivity index (χ2v) is 8.76. The fourth-order valence-electron chi connectivity index (χ4n) is 2.94. The zero-order valence-corrected chi connectivity index (χ0v) is 18.5. The summed E-state index contributed by atoms with van der Waals surface area (Å²) in [7, 11) is 0. The Kier molecular flexibility index (Phi) is 5.41. The van der Waals surface area contributed by atoms with Crippen LogP contribution in [0.2, 0.25) is 0 Å². The molecule has 0 aliphatic rings. The standard InChI is InChI=1S/C22H18IN3OS/c1-14-11-19-20(12-15(14)2)28-22(25-19)26(13-16-7-5-6-10-24-16)21(27)17-8-3-4-9-18(17)23/h3-12H,13H2,1-2H3. The van der Waals surface area contributed by atoms with Crippen molar-refractivity contribution in [2.24, 2.45) is 0 Å². The van der Waals surface area contributed by atoms with Crippen molar-refractivity contribution in [3.8, 4) is 0 Å². The van der Waals surface area contributed by atoms with E-state index in [0.717, 1.165) is 19.5 Å². The summed E-state index contributed by atoms with van der Waals surface area (Å²) in [5.74, 6) is -0.0665. The third-order valence-corrected chi connectivity index (χ3v) is 6.60. The number of nitrogens with zero attached hydrogens (tertiary/aromatic N) is 3. The Morgan fingerprint density at radius 3 is 2.57 bits per heavy atom. The number of hydrogen-bond donors (Lipinski definition) is 0. The highest BCUT2D eigenvalue weighted by atomic mass is 127. The number of aromatic nitrogens is 2. The van der Waals surface area contributed by atoms with Gasteiger partial charge >= 0.3 is 0 Å². The molecule has 140 valence electrons. The van der Waals surface area contributed by atoms with Crippen LogP contribution in [0.15, 0.2) is 60.8 Å². The van der Waals surface area contributed by atoms with Gasteiger partial charge in [0.1, 0.15) is 0 Å². The highest BCUT2D eigenvalue weighted by Crippen LogP contribution is 2.32. The molecule has 2 aromatic carbocycles. The molecule has 0 radical (unpaired) electrons. The average molecular weight is 499 g/mol. The molecule has 4 rings (SSSR count). The quantitative estimate of drug-likeness (QED) is 0.336. The third-order valence-electron chi connectivity index (χ3n) is 4.62. The molecule has 0 bridgehead atoms. The minimum Gasteiger partial charge on any atom is -0.278 e. The van der Waals surface area contributed by atoms with Gasteiger partial charge in [-0.25, -0.2) is 4.98 Å². The second-order valence-electron chi connectivity index (χ2n) is 6.59. The summed E-state index contributed by atoms with van der Waals surface area (Å²) < 4.78 is 2.00. The van der Waals surface area contributed by atoms with Crippen LogP contribution >= 0.6 is 33.9 Å². The zero-order valence-electron chi connectivity index (χ0n) is 15.5. The fourth-order valence-corrected chi connectivity index (χ4v) is 4.60. The lowest BCUT2D eigenvalue weighted by Crippen LogP contribution is -2.31. The number of carbonyl (C=O) groups excluding carboxylic acids is 1. The lowest BCUT2D eigenvalue weighted by Gasteiger charge is -2.20. The molecule has 28 heavy (non-hydrogen) atoms. The van der Waals surface area contributed by atoms with Crippen LogP contribution in [0.5, 0.6) is 0 Å². The normalized spacial score (nSPS) is 11.0. The highest BCUT2D eigenvalue weighted by Gasteiger charge is 2.23. The van der Waals surface area contributed by atoms with Gasteiger partial charge < -0.3 is 0 Å². The van der Waals surface area contributed by atoms with Crippen molar-refractivity contribution in [1.82, 2.24) is 9.97 Å². The first-order valence-electron chi connectivity index (χ1n) is 8.87. The molecule has 0 aliphatic carbocycles. The number of hydrogen-bond acceptors (Lipinski definition) is 4. The minimum atomic E-state index is -0.0665. The summed E-state index contributed by atoms with van der Waals surface area (Å²) >= 11 is 3.74. The molecule has 1 amide bonds. The van der Waals surface area contributed by atoms with Crippen LogP contribution in [0, 0.1) is 17.4 Å². The predicted molar refractivity (Wildman–Crippen MR) is 123 cm³/mol. The number of aryl methyl sites for hydroxylation is 2. The fraction of sp³-hybridized carbons (Fsp3) is 0.136. The summed E-state index contributed by atoms with van der Waals surface area (Å²) in [6.07, 6.45) is 1.75. The SMILES string of the molecule is Cc1cc2nc(N(Cc3ccccn3)C(=O)c3ccccc3I)sc2cc1C. The molecule has 0 N–H and O–H groups in total. The van der Waals surface area contributed by atoms with Gasteiger partial charge in [0.15, 0.2) is 5.13 Å². The Morgan fingerprint density at radius 1 is 1.07 bits per heavy atom. The van der Waals surface area contributed by atoms with Gasteiger partial charge in [-0.3, -0.25) is 14.7 Å². The molecule has 0 fully saturated rings. The van der Waals surface area contributed by atoms with E-state index in [1.54, 1.807) is 22.4 Å². The lowest BCUT2D eigenvalue weighted by atomic mass is 10.1. The van der Waals surface area contributed by atoms with Crippen molar-refractivity contribution in [1.29, 1.82) is 0 Å².